The number of nitrogens with zero attached hydrogens (tertiary/aromatic N) is 2. The molecule has 0 aliphatic rings. The van der Waals surface area contributed by atoms with Crippen LogP contribution in [0.3, 0.4) is 0 Å². The molecule has 0 spiro atoms. The fraction of sp³-hybridized carbons (Fsp3) is 0.231. The van der Waals surface area contributed by atoms with E-state index in [-0.39, 0.29) is 11.5 Å². The molecule has 4 nitrogen and oxygen atoms in total. The second-order valence-corrected chi connectivity index (χ2v) is 3.97. The predicted molar refractivity (Wildman–Crippen MR) is 64.9 cm³/mol. The molecule has 0 fully saturated rings. The summed E-state index contributed by atoms with van der Waals surface area (Å²) in [4.78, 5) is 11.1. The highest BCUT2D eigenvalue weighted by Crippen LogP contribution is 2.27. The summed E-state index contributed by atoms with van der Waals surface area (Å²) in [5.74, 6) is -1.42. The lowest BCUT2D eigenvalue weighted by atomic mass is 10.0. The van der Waals surface area contributed by atoms with Gasteiger partial charge in [-0.1, -0.05) is 19.1 Å². The Kier molecular flexibility index (Phi) is 3.14. The van der Waals surface area contributed by atoms with E-state index < -0.39 is 5.97 Å². The van der Waals surface area contributed by atoms with E-state index in [4.69, 9.17) is 5.11 Å². The van der Waals surface area contributed by atoms with E-state index in [1.54, 1.807) is 19.2 Å². The minimum atomic E-state index is -1.06. The van der Waals surface area contributed by atoms with Crippen LogP contribution in [0.1, 0.15) is 23.0 Å². The number of aryl methyl sites for hydroxylation is 1. The Labute approximate surface area is 104 Å². The normalized spacial score (nSPS) is 10.6. The lowest BCUT2D eigenvalue weighted by Crippen LogP contribution is -2.01. The van der Waals surface area contributed by atoms with Gasteiger partial charge in [-0.3, -0.25) is 4.68 Å². The highest BCUT2D eigenvalue weighted by Gasteiger charge is 2.20. The van der Waals surface area contributed by atoms with Gasteiger partial charge in [0.2, 0.25) is 0 Å². The smallest absolute Gasteiger partial charge is 0.356 e. The van der Waals surface area contributed by atoms with Crippen molar-refractivity contribution in [2.45, 2.75) is 13.3 Å². The molecule has 1 aromatic heterocycles. The molecular formula is C13H13FN2O2. The van der Waals surface area contributed by atoms with Gasteiger partial charge < -0.3 is 5.11 Å². The van der Waals surface area contributed by atoms with E-state index in [0.717, 1.165) is 0 Å². The SMILES string of the molecule is CCc1c(C(=O)O)nn(C)c1-c1cccc(F)c1. The molecule has 0 amide bonds. The third-order valence-electron chi connectivity index (χ3n) is 2.80. The Morgan fingerprint density at radius 3 is 2.78 bits per heavy atom. The molecule has 0 aliphatic carbocycles. The molecule has 0 atom stereocenters. The average Bonchev–Trinajstić information content (AvgIpc) is 2.66. The van der Waals surface area contributed by atoms with Gasteiger partial charge in [0.1, 0.15) is 5.82 Å². The maximum Gasteiger partial charge on any atom is 0.356 e. The lowest BCUT2D eigenvalue weighted by molar-refractivity contribution is 0.0688. The molecule has 0 radical (unpaired) electrons. The van der Waals surface area contributed by atoms with Gasteiger partial charge in [-0.15, -0.1) is 0 Å². The second-order valence-electron chi connectivity index (χ2n) is 3.97. The summed E-state index contributed by atoms with van der Waals surface area (Å²) in [6.07, 6.45) is 0.529. The van der Waals surface area contributed by atoms with E-state index in [2.05, 4.69) is 5.10 Å². The zero-order valence-electron chi connectivity index (χ0n) is 10.1. The summed E-state index contributed by atoms with van der Waals surface area (Å²) in [5, 5.41) is 13.1. The third-order valence-corrected chi connectivity index (χ3v) is 2.80. The quantitative estimate of drug-likeness (QED) is 0.907. The van der Waals surface area contributed by atoms with Crippen molar-refractivity contribution in [2.75, 3.05) is 0 Å². The maximum atomic E-state index is 13.2. The summed E-state index contributed by atoms with van der Waals surface area (Å²) in [5.41, 5.74) is 1.93. The Morgan fingerprint density at radius 2 is 2.22 bits per heavy atom. The van der Waals surface area contributed by atoms with Crippen molar-refractivity contribution >= 4 is 5.97 Å². The number of aromatic carboxylic acids is 1. The van der Waals surface area contributed by atoms with Crippen LogP contribution >= 0.6 is 0 Å². The van der Waals surface area contributed by atoms with Gasteiger partial charge in [-0.2, -0.15) is 5.10 Å². The molecule has 0 bridgehead atoms. The molecular weight excluding hydrogens is 235 g/mol. The molecule has 0 saturated carbocycles. The van der Waals surface area contributed by atoms with Crippen LogP contribution in [0.2, 0.25) is 0 Å². The van der Waals surface area contributed by atoms with E-state index in [9.17, 15) is 9.18 Å². The predicted octanol–water partition coefficient (Wildman–Crippen LogP) is 2.49. The molecule has 0 unspecified atom stereocenters. The third kappa shape index (κ3) is 1.99. The Hall–Kier alpha value is -2.17. The van der Waals surface area contributed by atoms with Gasteiger partial charge >= 0.3 is 5.97 Å². The molecule has 1 heterocycles. The summed E-state index contributed by atoms with van der Waals surface area (Å²) in [6.45, 7) is 1.85. The molecule has 5 heteroatoms. The van der Waals surface area contributed by atoms with Gasteiger partial charge in [0, 0.05) is 18.2 Å². The van der Waals surface area contributed by atoms with Crippen LogP contribution < -0.4 is 0 Å². The minimum Gasteiger partial charge on any atom is -0.476 e. The molecule has 18 heavy (non-hydrogen) atoms. The number of carbonyl (C=O) groups is 1. The number of carboxylic acids is 1. The fourth-order valence-corrected chi connectivity index (χ4v) is 2.07. The first kappa shape index (κ1) is 12.3. The van der Waals surface area contributed by atoms with E-state index in [0.29, 0.717) is 23.2 Å². The van der Waals surface area contributed by atoms with E-state index in [1.165, 1.54) is 16.8 Å². The van der Waals surface area contributed by atoms with Crippen LogP contribution in [0.5, 0.6) is 0 Å². The standard InChI is InChI=1S/C13H13FN2O2/c1-3-10-11(13(17)18)15-16(2)12(10)8-5-4-6-9(14)7-8/h4-7H,3H2,1-2H3,(H,17,18). The van der Waals surface area contributed by atoms with Gasteiger partial charge in [0.25, 0.3) is 0 Å². The van der Waals surface area contributed by atoms with Gasteiger partial charge in [-0.25, -0.2) is 9.18 Å². The number of carboxylic acid groups (broad SMARTS) is 1. The highest BCUT2D eigenvalue weighted by molar-refractivity contribution is 5.89. The van der Waals surface area contributed by atoms with Crippen molar-refractivity contribution in [1.29, 1.82) is 0 Å². The first-order valence-corrected chi connectivity index (χ1v) is 5.59. The van der Waals surface area contributed by atoms with Crippen LogP contribution in [0.4, 0.5) is 4.39 Å². The molecule has 2 rings (SSSR count). The van der Waals surface area contributed by atoms with E-state index >= 15 is 0 Å². The zero-order chi connectivity index (χ0) is 13.3. The average molecular weight is 248 g/mol. The van der Waals surface area contributed by atoms with Crippen LogP contribution in [-0.4, -0.2) is 20.9 Å². The van der Waals surface area contributed by atoms with Crippen molar-refractivity contribution in [2.24, 2.45) is 7.05 Å². The first-order valence-electron chi connectivity index (χ1n) is 5.59. The second kappa shape index (κ2) is 4.60. The topological polar surface area (TPSA) is 55.1 Å². The number of halogens is 1. The fourth-order valence-electron chi connectivity index (χ4n) is 2.07. The molecule has 0 aliphatic heterocycles. The number of benzene rings is 1. The number of hydrogen-bond acceptors (Lipinski definition) is 2. The Morgan fingerprint density at radius 1 is 1.50 bits per heavy atom. The number of rotatable bonds is 3. The first-order chi connectivity index (χ1) is 8.54. The van der Waals surface area contributed by atoms with Crippen LogP contribution in [0.25, 0.3) is 11.3 Å². The summed E-state index contributed by atoms with van der Waals surface area (Å²) >= 11 is 0. The van der Waals surface area contributed by atoms with E-state index in [1.807, 2.05) is 6.92 Å². The minimum absolute atomic E-state index is 0.0271. The van der Waals surface area contributed by atoms with Crippen molar-refractivity contribution < 1.29 is 14.3 Å². The molecule has 0 saturated heterocycles. The van der Waals surface area contributed by atoms with Crippen LogP contribution in [0.15, 0.2) is 24.3 Å². The van der Waals surface area contributed by atoms with Crippen LogP contribution in [0, 0.1) is 5.82 Å². The van der Waals surface area contributed by atoms with Crippen molar-refractivity contribution in [3.8, 4) is 11.3 Å². The molecule has 2 aromatic rings. The van der Waals surface area contributed by atoms with Crippen molar-refractivity contribution in [3.05, 3.63) is 41.3 Å². The lowest BCUT2D eigenvalue weighted by Gasteiger charge is -2.05. The summed E-state index contributed by atoms with van der Waals surface area (Å²) in [6, 6.07) is 6.06. The number of hydrogen-bond donors (Lipinski definition) is 1. The summed E-state index contributed by atoms with van der Waals surface area (Å²) in [7, 11) is 1.66. The monoisotopic (exact) mass is 248 g/mol. The molecule has 1 N–H and O–H groups in total. The van der Waals surface area contributed by atoms with Crippen LogP contribution in [-0.2, 0) is 13.5 Å². The summed E-state index contributed by atoms with van der Waals surface area (Å²) < 4.78 is 14.7. The van der Waals surface area contributed by atoms with Crippen molar-refractivity contribution in [1.82, 2.24) is 9.78 Å². The van der Waals surface area contributed by atoms with Gasteiger partial charge in [-0.05, 0) is 18.6 Å². The Bertz CT molecular complexity index is 605. The highest BCUT2D eigenvalue weighted by atomic mass is 19.1. The zero-order valence-corrected chi connectivity index (χ0v) is 10.1. The Balaban J connectivity index is 2.67. The van der Waals surface area contributed by atoms with Gasteiger partial charge in [0.15, 0.2) is 5.69 Å². The molecule has 94 valence electrons. The molecule has 1 aromatic carbocycles. The largest absolute Gasteiger partial charge is 0.476 e. The van der Waals surface area contributed by atoms with Gasteiger partial charge in [0.05, 0.1) is 5.69 Å². The number of aromatic nitrogens is 2. The maximum absolute atomic E-state index is 13.2. The van der Waals surface area contributed by atoms with Crippen molar-refractivity contribution in [3.63, 3.8) is 0 Å².